The first-order valence-electron chi connectivity index (χ1n) is 7.13. The van der Waals surface area contributed by atoms with Gasteiger partial charge in [-0.3, -0.25) is 4.79 Å². The molecule has 1 saturated carbocycles. The van der Waals surface area contributed by atoms with Crippen molar-refractivity contribution in [2.24, 2.45) is 17.6 Å². The van der Waals surface area contributed by atoms with E-state index in [0.29, 0.717) is 37.5 Å². The number of carbonyl (C=O) groups excluding carboxylic acids is 1. The van der Waals surface area contributed by atoms with Crippen LogP contribution in [0.2, 0.25) is 0 Å². The molecular weight excluding hydrogens is 228 g/mol. The number of ether oxygens (including phenoxy) is 1. The van der Waals surface area contributed by atoms with Gasteiger partial charge in [0.2, 0.25) is 5.91 Å². The Morgan fingerprint density at radius 3 is 2.94 bits per heavy atom. The standard InChI is InChI=1S/C14H28N2O2/c1-11(10-18-2)9-16-14(17)7-6-12-4-3-5-13(15)8-12/h11-13H,3-10,15H2,1-2H3,(H,16,17). The molecule has 0 aromatic rings. The van der Waals surface area contributed by atoms with Gasteiger partial charge in [-0.2, -0.15) is 0 Å². The van der Waals surface area contributed by atoms with Crippen molar-refractivity contribution in [1.82, 2.24) is 5.32 Å². The third kappa shape index (κ3) is 6.36. The van der Waals surface area contributed by atoms with Gasteiger partial charge >= 0.3 is 0 Å². The van der Waals surface area contributed by atoms with Crippen molar-refractivity contribution in [3.05, 3.63) is 0 Å². The molecule has 0 bridgehead atoms. The molecule has 3 N–H and O–H groups in total. The summed E-state index contributed by atoms with van der Waals surface area (Å²) in [5.41, 5.74) is 5.95. The largest absolute Gasteiger partial charge is 0.384 e. The number of rotatable bonds is 7. The Kier molecular flexibility index (Phi) is 7.28. The van der Waals surface area contributed by atoms with Crippen LogP contribution in [0, 0.1) is 11.8 Å². The molecule has 106 valence electrons. The number of methoxy groups -OCH3 is 1. The van der Waals surface area contributed by atoms with Crippen molar-refractivity contribution < 1.29 is 9.53 Å². The zero-order valence-electron chi connectivity index (χ0n) is 11.8. The monoisotopic (exact) mass is 256 g/mol. The van der Waals surface area contributed by atoms with E-state index in [1.807, 2.05) is 0 Å². The van der Waals surface area contributed by atoms with E-state index < -0.39 is 0 Å². The number of carbonyl (C=O) groups is 1. The van der Waals surface area contributed by atoms with Crippen molar-refractivity contribution >= 4 is 5.91 Å². The maximum absolute atomic E-state index is 11.7. The Hall–Kier alpha value is -0.610. The average molecular weight is 256 g/mol. The van der Waals surface area contributed by atoms with Gasteiger partial charge in [-0.15, -0.1) is 0 Å². The van der Waals surface area contributed by atoms with Crippen molar-refractivity contribution in [3.8, 4) is 0 Å². The van der Waals surface area contributed by atoms with Crippen LogP contribution in [0.4, 0.5) is 0 Å². The van der Waals surface area contributed by atoms with Gasteiger partial charge in [0, 0.05) is 26.1 Å². The van der Waals surface area contributed by atoms with E-state index in [4.69, 9.17) is 10.5 Å². The van der Waals surface area contributed by atoms with E-state index in [1.165, 1.54) is 12.8 Å². The Bertz CT molecular complexity index is 246. The van der Waals surface area contributed by atoms with E-state index in [2.05, 4.69) is 12.2 Å². The van der Waals surface area contributed by atoms with Gasteiger partial charge in [0.1, 0.15) is 0 Å². The number of amides is 1. The van der Waals surface area contributed by atoms with Gasteiger partial charge in [-0.25, -0.2) is 0 Å². The molecule has 0 aromatic heterocycles. The SMILES string of the molecule is COCC(C)CNC(=O)CCC1CCCC(N)C1. The minimum Gasteiger partial charge on any atom is -0.384 e. The topological polar surface area (TPSA) is 64.3 Å². The lowest BCUT2D eigenvalue weighted by atomic mass is 9.83. The predicted octanol–water partition coefficient (Wildman–Crippen LogP) is 1.68. The first kappa shape index (κ1) is 15.4. The van der Waals surface area contributed by atoms with Gasteiger partial charge in [-0.1, -0.05) is 19.8 Å². The van der Waals surface area contributed by atoms with Crippen molar-refractivity contribution in [1.29, 1.82) is 0 Å². The zero-order chi connectivity index (χ0) is 13.4. The Balaban J connectivity index is 2.09. The Labute approximate surface area is 111 Å². The fourth-order valence-electron chi connectivity index (χ4n) is 2.65. The summed E-state index contributed by atoms with van der Waals surface area (Å²) in [6.07, 6.45) is 6.32. The molecule has 0 aliphatic heterocycles. The molecule has 1 rings (SSSR count). The van der Waals surface area contributed by atoms with Crippen LogP contribution in [-0.2, 0) is 9.53 Å². The molecule has 1 aliphatic rings. The lowest BCUT2D eigenvalue weighted by molar-refractivity contribution is -0.121. The zero-order valence-corrected chi connectivity index (χ0v) is 11.8. The van der Waals surface area contributed by atoms with E-state index in [-0.39, 0.29) is 5.91 Å². The fraction of sp³-hybridized carbons (Fsp3) is 0.929. The van der Waals surface area contributed by atoms with Gasteiger partial charge in [0.15, 0.2) is 0 Å². The predicted molar refractivity (Wildman–Crippen MR) is 73.2 cm³/mol. The quantitative estimate of drug-likeness (QED) is 0.728. The highest BCUT2D eigenvalue weighted by molar-refractivity contribution is 5.75. The Morgan fingerprint density at radius 2 is 2.28 bits per heavy atom. The van der Waals surface area contributed by atoms with Crippen LogP contribution in [0.25, 0.3) is 0 Å². The second-order valence-corrected chi connectivity index (χ2v) is 5.70. The lowest BCUT2D eigenvalue weighted by Crippen LogP contribution is -2.31. The van der Waals surface area contributed by atoms with Crippen molar-refractivity contribution in [3.63, 3.8) is 0 Å². The van der Waals surface area contributed by atoms with Crippen LogP contribution in [-0.4, -0.2) is 32.2 Å². The molecule has 1 fully saturated rings. The van der Waals surface area contributed by atoms with E-state index in [1.54, 1.807) is 7.11 Å². The molecule has 0 aromatic carbocycles. The van der Waals surface area contributed by atoms with Gasteiger partial charge < -0.3 is 15.8 Å². The smallest absolute Gasteiger partial charge is 0.220 e. The minimum absolute atomic E-state index is 0.164. The number of nitrogens with two attached hydrogens (primary N) is 1. The molecular formula is C14H28N2O2. The van der Waals surface area contributed by atoms with E-state index in [9.17, 15) is 4.79 Å². The molecule has 1 amide bonds. The summed E-state index contributed by atoms with van der Waals surface area (Å²) in [6.45, 7) is 3.47. The molecule has 0 radical (unpaired) electrons. The summed E-state index contributed by atoms with van der Waals surface area (Å²) in [7, 11) is 1.69. The number of hydrogen-bond donors (Lipinski definition) is 2. The first-order valence-corrected chi connectivity index (χ1v) is 7.13. The summed E-state index contributed by atoms with van der Waals surface area (Å²) in [6, 6.07) is 0.355. The molecule has 3 unspecified atom stereocenters. The minimum atomic E-state index is 0.164. The Morgan fingerprint density at radius 1 is 1.50 bits per heavy atom. The van der Waals surface area contributed by atoms with Crippen LogP contribution in [0.5, 0.6) is 0 Å². The summed E-state index contributed by atoms with van der Waals surface area (Å²) >= 11 is 0. The van der Waals surface area contributed by atoms with Crippen molar-refractivity contribution in [2.45, 2.75) is 51.5 Å². The van der Waals surface area contributed by atoms with Crippen LogP contribution in [0.15, 0.2) is 0 Å². The molecule has 3 atom stereocenters. The molecule has 4 heteroatoms. The van der Waals surface area contributed by atoms with Crippen LogP contribution < -0.4 is 11.1 Å². The average Bonchev–Trinajstić information content (AvgIpc) is 2.34. The molecule has 0 heterocycles. The number of nitrogens with one attached hydrogen (secondary N) is 1. The van der Waals surface area contributed by atoms with Crippen LogP contribution in [0.3, 0.4) is 0 Å². The highest BCUT2D eigenvalue weighted by Gasteiger charge is 2.19. The third-order valence-corrected chi connectivity index (χ3v) is 3.70. The molecule has 4 nitrogen and oxygen atoms in total. The lowest BCUT2D eigenvalue weighted by Gasteiger charge is -2.26. The van der Waals surface area contributed by atoms with E-state index in [0.717, 1.165) is 19.3 Å². The van der Waals surface area contributed by atoms with Crippen molar-refractivity contribution in [2.75, 3.05) is 20.3 Å². The summed E-state index contributed by atoms with van der Waals surface area (Å²) in [5, 5.41) is 2.97. The molecule has 18 heavy (non-hydrogen) atoms. The molecule has 1 aliphatic carbocycles. The van der Waals surface area contributed by atoms with Gasteiger partial charge in [-0.05, 0) is 31.1 Å². The maximum atomic E-state index is 11.7. The molecule has 0 spiro atoms. The first-order chi connectivity index (χ1) is 8.61. The maximum Gasteiger partial charge on any atom is 0.220 e. The third-order valence-electron chi connectivity index (χ3n) is 3.70. The second-order valence-electron chi connectivity index (χ2n) is 5.70. The van der Waals surface area contributed by atoms with E-state index >= 15 is 0 Å². The van der Waals surface area contributed by atoms with Crippen LogP contribution in [0.1, 0.15) is 45.4 Å². The fourth-order valence-corrected chi connectivity index (χ4v) is 2.65. The summed E-state index contributed by atoms with van der Waals surface area (Å²) in [5.74, 6) is 1.19. The number of hydrogen-bond acceptors (Lipinski definition) is 3. The highest BCUT2D eigenvalue weighted by Crippen LogP contribution is 2.26. The molecule has 0 saturated heterocycles. The second kappa shape index (κ2) is 8.48. The highest BCUT2D eigenvalue weighted by atomic mass is 16.5. The van der Waals surface area contributed by atoms with Crippen LogP contribution >= 0.6 is 0 Å². The summed E-state index contributed by atoms with van der Waals surface area (Å²) in [4.78, 5) is 11.7. The summed E-state index contributed by atoms with van der Waals surface area (Å²) < 4.78 is 5.04. The van der Waals surface area contributed by atoms with Gasteiger partial charge in [0.05, 0.1) is 6.61 Å². The van der Waals surface area contributed by atoms with Gasteiger partial charge in [0.25, 0.3) is 0 Å². The normalized spacial score (nSPS) is 25.7.